The minimum atomic E-state index is 0. The third-order valence-corrected chi connectivity index (χ3v) is 0.514. The zero-order valence-electron chi connectivity index (χ0n) is 3.92. The average Bonchev–Trinajstić information content (AvgIpc) is 1.72. The van der Waals surface area contributed by atoms with Gasteiger partial charge in [0.15, 0.2) is 0 Å². The van der Waals surface area contributed by atoms with Gasteiger partial charge < -0.3 is 4.98 Å². The largest absolute Gasteiger partial charge is 0.391 e. The van der Waals surface area contributed by atoms with Crippen molar-refractivity contribution in [1.82, 2.24) is 4.98 Å². The van der Waals surface area contributed by atoms with E-state index >= 15 is 0 Å². The summed E-state index contributed by atoms with van der Waals surface area (Å²) in [5, 5.41) is 0. The van der Waals surface area contributed by atoms with E-state index in [2.05, 4.69) is 11.1 Å². The summed E-state index contributed by atoms with van der Waals surface area (Å²) in [7, 11) is 0. The van der Waals surface area contributed by atoms with Crippen molar-refractivity contribution in [2.24, 2.45) is 0 Å². The smallest absolute Gasteiger partial charge is 0 e. The number of nitrogens with zero attached hydrogens (tertiary/aromatic N) is 1. The standard InChI is InChI=1S/C5H4N.2Ir/c1-2-4-6-5-3-1;;/h2-5H;;/q-1;;. The van der Waals surface area contributed by atoms with E-state index < -0.39 is 0 Å². The van der Waals surface area contributed by atoms with Gasteiger partial charge in [-0.3, -0.25) is 0 Å². The number of hydrogen-bond acceptors (Lipinski definition) is 1. The Hall–Kier alpha value is 0.449. The van der Waals surface area contributed by atoms with Gasteiger partial charge in [0.1, 0.15) is 0 Å². The van der Waals surface area contributed by atoms with Crippen molar-refractivity contribution >= 4 is 0 Å². The number of aromatic nitrogens is 1. The zero-order chi connectivity index (χ0) is 4.24. The van der Waals surface area contributed by atoms with E-state index in [9.17, 15) is 0 Å². The first-order chi connectivity index (χ1) is 3.00. The van der Waals surface area contributed by atoms with E-state index in [-0.39, 0.29) is 40.2 Å². The van der Waals surface area contributed by atoms with Crippen molar-refractivity contribution < 1.29 is 40.2 Å². The van der Waals surface area contributed by atoms with Crippen LogP contribution in [-0.2, 0) is 40.2 Å². The molecule has 0 atom stereocenters. The van der Waals surface area contributed by atoms with Crippen molar-refractivity contribution in [3.8, 4) is 0 Å². The second-order valence-electron chi connectivity index (χ2n) is 0.947. The van der Waals surface area contributed by atoms with Gasteiger partial charge in [-0.05, 0) is 0 Å². The molecule has 1 aromatic heterocycles. The van der Waals surface area contributed by atoms with E-state index in [1.54, 1.807) is 24.5 Å². The summed E-state index contributed by atoms with van der Waals surface area (Å²) in [5.41, 5.74) is 0. The Morgan fingerprint density at radius 3 is 1.62 bits per heavy atom. The van der Waals surface area contributed by atoms with Crippen LogP contribution in [0.4, 0.5) is 0 Å². The summed E-state index contributed by atoms with van der Waals surface area (Å²) in [6, 6.07) is 6.36. The fourth-order valence-electron chi connectivity index (χ4n) is 0.277. The van der Waals surface area contributed by atoms with Crippen LogP contribution in [0, 0.1) is 6.07 Å². The number of pyridine rings is 1. The van der Waals surface area contributed by atoms with Crippen molar-refractivity contribution in [2.45, 2.75) is 0 Å². The minimum absolute atomic E-state index is 0. The first kappa shape index (κ1) is 11.3. The molecule has 1 aromatic rings. The number of hydrogen-bond donors (Lipinski definition) is 0. The van der Waals surface area contributed by atoms with Crippen molar-refractivity contribution in [2.75, 3.05) is 0 Å². The van der Waals surface area contributed by atoms with Gasteiger partial charge in [-0.15, -0.1) is 0 Å². The van der Waals surface area contributed by atoms with Gasteiger partial charge in [0.2, 0.25) is 0 Å². The molecule has 0 unspecified atom stereocenters. The fraction of sp³-hybridized carbons (Fsp3) is 0. The summed E-state index contributed by atoms with van der Waals surface area (Å²) in [4.78, 5) is 3.75. The molecule has 0 amide bonds. The van der Waals surface area contributed by atoms with Crippen LogP contribution in [0.2, 0.25) is 0 Å². The molecule has 8 heavy (non-hydrogen) atoms. The molecule has 0 N–H and O–H groups in total. The molecule has 48 valence electrons. The van der Waals surface area contributed by atoms with E-state index in [0.29, 0.717) is 0 Å². The summed E-state index contributed by atoms with van der Waals surface area (Å²) in [6.45, 7) is 0. The maximum Gasteiger partial charge on any atom is 0 e. The van der Waals surface area contributed by atoms with E-state index in [4.69, 9.17) is 0 Å². The van der Waals surface area contributed by atoms with Crippen LogP contribution in [0.15, 0.2) is 24.5 Å². The summed E-state index contributed by atoms with van der Waals surface area (Å²) in [5.74, 6) is 0. The molecule has 1 rings (SSSR count). The van der Waals surface area contributed by atoms with Gasteiger partial charge in [0, 0.05) is 40.2 Å². The maximum atomic E-state index is 3.75. The molecular weight excluding hydrogens is 458 g/mol. The van der Waals surface area contributed by atoms with E-state index in [1.807, 2.05) is 0 Å². The summed E-state index contributed by atoms with van der Waals surface area (Å²) < 4.78 is 0. The monoisotopic (exact) mass is 464 g/mol. The Kier molecular flexibility index (Phi) is 10.5. The molecule has 0 aliphatic heterocycles. The predicted molar refractivity (Wildman–Crippen MR) is 23.1 cm³/mol. The molecule has 2 radical (unpaired) electrons. The Bertz CT molecular complexity index is 82.4. The normalized spacial score (nSPS) is 6.00. The fourth-order valence-corrected chi connectivity index (χ4v) is 0.277. The van der Waals surface area contributed by atoms with Crippen LogP contribution in [0.5, 0.6) is 0 Å². The second-order valence-corrected chi connectivity index (χ2v) is 0.947. The summed E-state index contributed by atoms with van der Waals surface area (Å²) >= 11 is 0. The van der Waals surface area contributed by atoms with Gasteiger partial charge in [-0.25, -0.2) is 0 Å². The SMILES string of the molecule is [Ir].[Ir].[c-]1ccncc1. The molecule has 0 saturated heterocycles. The molecule has 0 spiro atoms. The molecule has 3 heteroatoms. The zero-order valence-corrected chi connectivity index (χ0v) is 8.71. The molecular formula is C5H4Ir2N-. The third kappa shape index (κ3) is 4.60. The molecule has 0 aromatic carbocycles. The van der Waals surface area contributed by atoms with Crippen molar-refractivity contribution in [3.05, 3.63) is 30.6 Å². The first-order valence-electron chi connectivity index (χ1n) is 1.76. The minimum Gasteiger partial charge on any atom is -0.391 e. The summed E-state index contributed by atoms with van der Waals surface area (Å²) in [6.07, 6.45) is 3.39. The van der Waals surface area contributed by atoms with Gasteiger partial charge in [0.05, 0.1) is 0 Å². The molecule has 0 aliphatic rings. The van der Waals surface area contributed by atoms with Crippen LogP contribution in [-0.4, -0.2) is 4.98 Å². The van der Waals surface area contributed by atoms with Gasteiger partial charge in [-0.1, -0.05) is 12.4 Å². The first-order valence-corrected chi connectivity index (χ1v) is 1.76. The average molecular weight is 463 g/mol. The quantitative estimate of drug-likeness (QED) is 0.522. The van der Waals surface area contributed by atoms with E-state index in [1.165, 1.54) is 0 Å². The van der Waals surface area contributed by atoms with Crippen LogP contribution in [0.1, 0.15) is 0 Å². The van der Waals surface area contributed by atoms with Crippen LogP contribution in [0.25, 0.3) is 0 Å². The molecule has 1 nitrogen and oxygen atoms in total. The Morgan fingerprint density at radius 2 is 1.50 bits per heavy atom. The molecule has 0 fully saturated rings. The number of rotatable bonds is 0. The topological polar surface area (TPSA) is 12.9 Å². The predicted octanol–water partition coefficient (Wildman–Crippen LogP) is 0.877. The Labute approximate surface area is 75.6 Å². The molecule has 1 heterocycles. The Balaban J connectivity index is 0. The van der Waals surface area contributed by atoms with Gasteiger partial charge in [-0.2, -0.15) is 18.2 Å². The Morgan fingerprint density at radius 1 is 1.00 bits per heavy atom. The second kappa shape index (κ2) is 7.45. The molecule has 0 aliphatic carbocycles. The van der Waals surface area contributed by atoms with Crippen LogP contribution in [0.3, 0.4) is 0 Å². The van der Waals surface area contributed by atoms with E-state index in [0.717, 1.165) is 0 Å². The van der Waals surface area contributed by atoms with Crippen molar-refractivity contribution in [1.29, 1.82) is 0 Å². The van der Waals surface area contributed by atoms with Gasteiger partial charge in [0.25, 0.3) is 0 Å². The van der Waals surface area contributed by atoms with Crippen molar-refractivity contribution in [3.63, 3.8) is 0 Å². The van der Waals surface area contributed by atoms with Gasteiger partial charge >= 0.3 is 0 Å². The molecule has 0 saturated carbocycles. The van der Waals surface area contributed by atoms with Crippen LogP contribution >= 0.6 is 0 Å². The maximum absolute atomic E-state index is 3.75. The third-order valence-electron chi connectivity index (χ3n) is 0.514. The molecule has 0 bridgehead atoms. The van der Waals surface area contributed by atoms with Crippen LogP contribution < -0.4 is 0 Å².